The van der Waals surface area contributed by atoms with Gasteiger partial charge in [-0.25, -0.2) is 4.68 Å². The van der Waals surface area contributed by atoms with Gasteiger partial charge in [-0.3, -0.25) is 9.59 Å². The first-order valence-corrected chi connectivity index (χ1v) is 8.87. The number of unbranched alkanes of at least 4 members (excludes halogenated alkanes) is 1. The molecule has 0 unspecified atom stereocenters. The lowest BCUT2D eigenvalue weighted by atomic mass is 10.1. The van der Waals surface area contributed by atoms with Crippen molar-refractivity contribution in [2.75, 3.05) is 11.4 Å². The average Bonchev–Trinajstić information content (AvgIpc) is 3.25. The van der Waals surface area contributed by atoms with Crippen LogP contribution in [0, 0.1) is 12.8 Å². The number of esters is 1. The third-order valence-electron chi connectivity index (χ3n) is 4.48. The van der Waals surface area contributed by atoms with Crippen LogP contribution in [0.25, 0.3) is 0 Å². The first-order chi connectivity index (χ1) is 12.6. The minimum atomic E-state index is -0.469. The summed E-state index contributed by atoms with van der Waals surface area (Å²) < 4.78 is 7.01. The summed E-state index contributed by atoms with van der Waals surface area (Å²) in [6, 6.07) is 7.68. The lowest BCUT2D eigenvalue weighted by Crippen LogP contribution is -2.26. The lowest BCUT2D eigenvalue weighted by molar-refractivity contribution is -0.150. The normalized spacial score (nSPS) is 16.9. The van der Waals surface area contributed by atoms with E-state index in [9.17, 15) is 9.59 Å². The Morgan fingerprint density at radius 3 is 2.81 bits per heavy atom. The maximum atomic E-state index is 12.4. The van der Waals surface area contributed by atoms with Crippen LogP contribution in [0.15, 0.2) is 24.3 Å². The summed E-state index contributed by atoms with van der Waals surface area (Å²) in [6.45, 7) is 5.12. The number of tetrazole rings is 1. The van der Waals surface area contributed by atoms with Crippen LogP contribution in [0.3, 0.4) is 0 Å². The van der Waals surface area contributed by atoms with E-state index in [1.165, 1.54) is 0 Å². The van der Waals surface area contributed by atoms with Gasteiger partial charge in [-0.15, -0.1) is 5.10 Å². The Kier molecular flexibility index (Phi) is 5.60. The molecule has 1 fully saturated rings. The number of ether oxygens (including phenoxy) is 1. The molecule has 0 bridgehead atoms. The van der Waals surface area contributed by atoms with Crippen LogP contribution in [0.5, 0.6) is 0 Å². The van der Waals surface area contributed by atoms with Crippen LogP contribution in [0.4, 0.5) is 5.69 Å². The number of aromatic nitrogens is 4. The summed E-state index contributed by atoms with van der Waals surface area (Å²) in [4.78, 5) is 26.3. The minimum Gasteiger partial charge on any atom is -0.457 e. The molecule has 1 atom stereocenters. The summed E-state index contributed by atoms with van der Waals surface area (Å²) >= 11 is 0. The van der Waals surface area contributed by atoms with E-state index in [1.807, 2.05) is 31.2 Å². The highest BCUT2D eigenvalue weighted by Crippen LogP contribution is 2.26. The molecule has 0 radical (unpaired) electrons. The Morgan fingerprint density at radius 2 is 2.08 bits per heavy atom. The van der Waals surface area contributed by atoms with Crippen LogP contribution < -0.4 is 4.90 Å². The molecule has 0 aliphatic carbocycles. The highest BCUT2D eigenvalue weighted by atomic mass is 16.5. The van der Waals surface area contributed by atoms with Gasteiger partial charge in [-0.1, -0.05) is 31.0 Å². The summed E-state index contributed by atoms with van der Waals surface area (Å²) in [5.74, 6) is -0.406. The fraction of sp³-hybridized carbons (Fsp3) is 0.500. The van der Waals surface area contributed by atoms with E-state index >= 15 is 0 Å². The monoisotopic (exact) mass is 357 g/mol. The van der Waals surface area contributed by atoms with E-state index in [4.69, 9.17) is 4.74 Å². The number of carbonyl (C=O) groups is 2. The van der Waals surface area contributed by atoms with Crippen molar-refractivity contribution >= 4 is 17.6 Å². The van der Waals surface area contributed by atoms with Crippen LogP contribution in [0.2, 0.25) is 0 Å². The molecule has 0 saturated carbocycles. The number of hydrogen-bond acceptors (Lipinski definition) is 6. The summed E-state index contributed by atoms with van der Waals surface area (Å²) in [7, 11) is 0. The predicted octanol–water partition coefficient (Wildman–Crippen LogP) is 1.88. The second-order valence-electron chi connectivity index (χ2n) is 6.52. The van der Waals surface area contributed by atoms with Gasteiger partial charge in [0.25, 0.3) is 0 Å². The molecule has 2 aromatic rings. The van der Waals surface area contributed by atoms with Gasteiger partial charge in [0.2, 0.25) is 5.91 Å². The van der Waals surface area contributed by atoms with Crippen molar-refractivity contribution in [3.63, 3.8) is 0 Å². The van der Waals surface area contributed by atoms with Crippen LogP contribution in [-0.4, -0.2) is 38.6 Å². The molecular weight excluding hydrogens is 334 g/mol. The molecule has 0 spiro atoms. The fourth-order valence-corrected chi connectivity index (χ4v) is 2.90. The zero-order chi connectivity index (χ0) is 18.5. The van der Waals surface area contributed by atoms with E-state index in [-0.39, 0.29) is 18.9 Å². The smallest absolute Gasteiger partial charge is 0.311 e. The standard InChI is InChI=1S/C18H23N5O3/c1-3-4-9-23-16(19-20-21-23)12-26-18(25)14-10-17(24)22(11-14)15-7-5-13(2)6-8-15/h5-8,14H,3-4,9-12H2,1-2H3/t14-/m1/s1. The number of rotatable bonds is 7. The van der Waals surface area contributed by atoms with Gasteiger partial charge in [0, 0.05) is 25.2 Å². The average molecular weight is 357 g/mol. The topological polar surface area (TPSA) is 90.2 Å². The third kappa shape index (κ3) is 4.07. The van der Waals surface area contributed by atoms with E-state index in [1.54, 1.807) is 9.58 Å². The Labute approximate surface area is 152 Å². The SMILES string of the molecule is CCCCn1nnnc1COC(=O)[C@@H]1CC(=O)N(c2ccc(C)cc2)C1. The van der Waals surface area contributed by atoms with Crippen molar-refractivity contribution in [2.45, 2.75) is 46.3 Å². The van der Waals surface area contributed by atoms with Crippen molar-refractivity contribution in [3.05, 3.63) is 35.7 Å². The second kappa shape index (κ2) is 8.07. The molecule has 1 aliphatic heterocycles. The molecule has 1 saturated heterocycles. The zero-order valence-corrected chi connectivity index (χ0v) is 15.1. The molecular formula is C18H23N5O3. The molecule has 1 amide bonds. The maximum absolute atomic E-state index is 12.4. The number of carbonyl (C=O) groups excluding carboxylic acids is 2. The molecule has 8 nitrogen and oxygen atoms in total. The van der Waals surface area contributed by atoms with Crippen molar-refractivity contribution in [1.82, 2.24) is 20.2 Å². The highest BCUT2D eigenvalue weighted by molar-refractivity contribution is 5.99. The van der Waals surface area contributed by atoms with Crippen molar-refractivity contribution in [2.24, 2.45) is 5.92 Å². The molecule has 1 aromatic carbocycles. The largest absolute Gasteiger partial charge is 0.457 e. The predicted molar refractivity (Wildman–Crippen MR) is 94.2 cm³/mol. The number of aryl methyl sites for hydroxylation is 2. The van der Waals surface area contributed by atoms with Gasteiger partial charge in [-0.05, 0) is 35.9 Å². The van der Waals surface area contributed by atoms with Crippen molar-refractivity contribution in [3.8, 4) is 0 Å². The summed E-state index contributed by atoms with van der Waals surface area (Å²) in [5, 5.41) is 11.4. The van der Waals surface area contributed by atoms with Gasteiger partial charge in [0.15, 0.2) is 12.4 Å². The number of benzene rings is 1. The lowest BCUT2D eigenvalue weighted by Gasteiger charge is -2.16. The van der Waals surface area contributed by atoms with Crippen molar-refractivity contribution < 1.29 is 14.3 Å². The molecule has 3 rings (SSSR count). The van der Waals surface area contributed by atoms with Gasteiger partial charge in [0.1, 0.15) is 0 Å². The van der Waals surface area contributed by atoms with Gasteiger partial charge in [-0.2, -0.15) is 0 Å². The Hall–Kier alpha value is -2.77. The minimum absolute atomic E-state index is 0.0186. The molecule has 8 heteroatoms. The quantitative estimate of drug-likeness (QED) is 0.703. The number of nitrogens with zero attached hydrogens (tertiary/aromatic N) is 5. The highest BCUT2D eigenvalue weighted by Gasteiger charge is 2.36. The van der Waals surface area contributed by atoms with E-state index in [2.05, 4.69) is 22.4 Å². The molecule has 1 aromatic heterocycles. The molecule has 2 heterocycles. The van der Waals surface area contributed by atoms with Gasteiger partial charge < -0.3 is 9.64 Å². The summed E-state index contributed by atoms with van der Waals surface area (Å²) in [6.07, 6.45) is 2.14. The van der Waals surface area contributed by atoms with Crippen LogP contribution >= 0.6 is 0 Å². The third-order valence-corrected chi connectivity index (χ3v) is 4.48. The van der Waals surface area contributed by atoms with Gasteiger partial charge in [0.05, 0.1) is 5.92 Å². The van der Waals surface area contributed by atoms with E-state index < -0.39 is 11.9 Å². The summed E-state index contributed by atoms with van der Waals surface area (Å²) in [5.41, 5.74) is 1.93. The first-order valence-electron chi connectivity index (χ1n) is 8.87. The number of hydrogen-bond donors (Lipinski definition) is 0. The molecule has 138 valence electrons. The van der Waals surface area contributed by atoms with Crippen molar-refractivity contribution in [1.29, 1.82) is 0 Å². The van der Waals surface area contributed by atoms with E-state index in [0.29, 0.717) is 18.9 Å². The molecule has 1 aliphatic rings. The molecule has 0 N–H and O–H groups in total. The fourth-order valence-electron chi connectivity index (χ4n) is 2.90. The van der Waals surface area contributed by atoms with Gasteiger partial charge >= 0.3 is 5.97 Å². The zero-order valence-electron chi connectivity index (χ0n) is 15.1. The first kappa shape index (κ1) is 18.0. The molecule has 26 heavy (non-hydrogen) atoms. The number of anilines is 1. The van der Waals surface area contributed by atoms with Crippen LogP contribution in [0.1, 0.15) is 37.6 Å². The Morgan fingerprint density at radius 1 is 1.31 bits per heavy atom. The Bertz CT molecular complexity index is 771. The van der Waals surface area contributed by atoms with Crippen LogP contribution in [-0.2, 0) is 27.5 Å². The van der Waals surface area contributed by atoms with E-state index in [0.717, 1.165) is 24.1 Å². The number of amides is 1. The second-order valence-corrected chi connectivity index (χ2v) is 6.52. The Balaban J connectivity index is 1.57. The maximum Gasteiger partial charge on any atom is 0.311 e.